The molecule has 1 aliphatic heterocycles. The molecule has 116 valence electrons. The first-order valence-corrected chi connectivity index (χ1v) is 7.45. The van der Waals surface area contributed by atoms with Crippen LogP contribution in [0.15, 0.2) is 30.5 Å². The van der Waals surface area contributed by atoms with Gasteiger partial charge in [0.1, 0.15) is 11.5 Å². The molecule has 1 aromatic carbocycles. The number of hydrogen-bond acceptors (Lipinski definition) is 5. The molecule has 0 fully saturated rings. The highest BCUT2D eigenvalue weighted by Crippen LogP contribution is 2.28. The van der Waals surface area contributed by atoms with Gasteiger partial charge in [0.2, 0.25) is 11.9 Å². The molecule has 0 atom stereocenters. The highest BCUT2D eigenvalue weighted by atomic mass is 16.1. The molecule has 7 nitrogen and oxygen atoms in total. The van der Waals surface area contributed by atoms with Crippen molar-refractivity contribution in [3.8, 4) is 0 Å². The van der Waals surface area contributed by atoms with Crippen LogP contribution in [-0.2, 0) is 11.2 Å². The lowest BCUT2D eigenvalue weighted by atomic mass is 10.0. The van der Waals surface area contributed by atoms with Gasteiger partial charge in [-0.25, -0.2) is 0 Å². The summed E-state index contributed by atoms with van der Waals surface area (Å²) in [4.78, 5) is 23.5. The van der Waals surface area contributed by atoms with Crippen molar-refractivity contribution in [2.24, 2.45) is 0 Å². The van der Waals surface area contributed by atoms with Gasteiger partial charge in [-0.3, -0.25) is 4.79 Å². The second-order valence-electron chi connectivity index (χ2n) is 5.43. The zero-order valence-corrected chi connectivity index (χ0v) is 12.6. The Hall–Kier alpha value is -3.09. The minimum Gasteiger partial charge on any atom is -0.372 e. The molecule has 0 saturated carbocycles. The van der Waals surface area contributed by atoms with Crippen LogP contribution in [0.1, 0.15) is 12.0 Å². The smallest absolute Gasteiger partial charge is 0.231 e. The summed E-state index contributed by atoms with van der Waals surface area (Å²) >= 11 is 0. The minimum atomic E-state index is 0.0670. The summed E-state index contributed by atoms with van der Waals surface area (Å²) in [7, 11) is 1.83. The van der Waals surface area contributed by atoms with E-state index in [0.717, 1.165) is 40.2 Å². The predicted octanol–water partition coefficient (Wildman–Crippen LogP) is 2.63. The van der Waals surface area contributed by atoms with Gasteiger partial charge in [-0.05, 0) is 36.2 Å². The van der Waals surface area contributed by atoms with Crippen LogP contribution in [0.4, 0.5) is 23.1 Å². The molecule has 1 aliphatic rings. The normalized spacial score (nSPS) is 13.5. The summed E-state index contributed by atoms with van der Waals surface area (Å²) in [5.74, 6) is 1.35. The van der Waals surface area contributed by atoms with Crippen LogP contribution in [-0.4, -0.2) is 27.9 Å². The van der Waals surface area contributed by atoms with Crippen LogP contribution < -0.4 is 16.0 Å². The van der Waals surface area contributed by atoms with Gasteiger partial charge in [-0.1, -0.05) is 0 Å². The first-order chi connectivity index (χ1) is 11.2. The van der Waals surface area contributed by atoms with E-state index in [1.165, 1.54) is 0 Å². The molecule has 4 rings (SSSR count). The molecule has 23 heavy (non-hydrogen) atoms. The lowest BCUT2D eigenvalue weighted by Gasteiger charge is -2.17. The average molecular weight is 308 g/mol. The molecule has 0 saturated heterocycles. The number of amides is 1. The number of carbonyl (C=O) groups excluding carboxylic acids is 1. The van der Waals surface area contributed by atoms with Gasteiger partial charge in [-0.15, -0.1) is 0 Å². The van der Waals surface area contributed by atoms with Crippen molar-refractivity contribution in [1.82, 2.24) is 15.0 Å². The van der Waals surface area contributed by atoms with Crippen LogP contribution in [0.3, 0.4) is 0 Å². The Morgan fingerprint density at radius 1 is 1.17 bits per heavy atom. The molecule has 3 heterocycles. The van der Waals surface area contributed by atoms with Crippen molar-refractivity contribution < 1.29 is 4.79 Å². The molecule has 0 spiro atoms. The Balaban J connectivity index is 1.66. The molecule has 1 amide bonds. The zero-order valence-electron chi connectivity index (χ0n) is 12.6. The van der Waals surface area contributed by atoms with E-state index in [1.54, 1.807) is 0 Å². The number of aromatic amines is 1. The number of nitrogens with zero attached hydrogens (tertiary/aromatic N) is 2. The Morgan fingerprint density at radius 3 is 2.96 bits per heavy atom. The SMILES string of the molecule is CNc1nc(Nc2ccc3c(c2)CCC(=O)N3)nc2[nH]ccc12. The Kier molecular flexibility index (Phi) is 3.11. The number of benzene rings is 1. The van der Waals surface area contributed by atoms with Crippen molar-refractivity contribution in [3.63, 3.8) is 0 Å². The first-order valence-electron chi connectivity index (χ1n) is 7.45. The summed E-state index contributed by atoms with van der Waals surface area (Å²) < 4.78 is 0. The fourth-order valence-corrected chi connectivity index (χ4v) is 2.78. The third kappa shape index (κ3) is 2.46. The molecule has 2 aromatic heterocycles. The van der Waals surface area contributed by atoms with Gasteiger partial charge in [0.15, 0.2) is 0 Å². The maximum atomic E-state index is 11.4. The van der Waals surface area contributed by atoms with Crippen LogP contribution in [0, 0.1) is 0 Å². The van der Waals surface area contributed by atoms with Crippen molar-refractivity contribution >= 4 is 40.1 Å². The van der Waals surface area contributed by atoms with Gasteiger partial charge in [0.25, 0.3) is 0 Å². The molecule has 0 aliphatic carbocycles. The molecule has 7 heteroatoms. The number of carbonyl (C=O) groups is 1. The number of H-pyrrole nitrogens is 1. The maximum absolute atomic E-state index is 11.4. The molecule has 3 aromatic rings. The van der Waals surface area contributed by atoms with Gasteiger partial charge in [0.05, 0.1) is 5.39 Å². The van der Waals surface area contributed by atoms with Crippen molar-refractivity contribution in [2.75, 3.05) is 23.0 Å². The third-order valence-electron chi connectivity index (χ3n) is 3.91. The lowest BCUT2D eigenvalue weighted by Crippen LogP contribution is -2.18. The van der Waals surface area contributed by atoms with E-state index < -0.39 is 0 Å². The maximum Gasteiger partial charge on any atom is 0.231 e. The fraction of sp³-hybridized carbons (Fsp3) is 0.188. The second-order valence-corrected chi connectivity index (χ2v) is 5.43. The van der Waals surface area contributed by atoms with Crippen molar-refractivity contribution in [1.29, 1.82) is 0 Å². The number of rotatable bonds is 3. The average Bonchev–Trinajstić information content (AvgIpc) is 3.02. The summed E-state index contributed by atoms with van der Waals surface area (Å²) in [6.45, 7) is 0. The summed E-state index contributed by atoms with van der Waals surface area (Å²) in [5, 5.41) is 10.1. The van der Waals surface area contributed by atoms with Crippen LogP contribution >= 0.6 is 0 Å². The molecule has 4 N–H and O–H groups in total. The molecule has 0 unspecified atom stereocenters. The quantitative estimate of drug-likeness (QED) is 0.596. The van der Waals surface area contributed by atoms with Crippen LogP contribution in [0.5, 0.6) is 0 Å². The Bertz CT molecular complexity index is 901. The lowest BCUT2D eigenvalue weighted by molar-refractivity contribution is -0.116. The summed E-state index contributed by atoms with van der Waals surface area (Å²) in [5.41, 5.74) is 3.66. The predicted molar refractivity (Wildman–Crippen MR) is 90.1 cm³/mol. The molecular formula is C16H16N6O. The van der Waals surface area contributed by atoms with Crippen LogP contribution in [0.2, 0.25) is 0 Å². The number of aromatic nitrogens is 3. The number of aryl methyl sites for hydroxylation is 1. The second kappa shape index (κ2) is 5.28. The number of hydrogen-bond donors (Lipinski definition) is 4. The third-order valence-corrected chi connectivity index (χ3v) is 3.91. The zero-order chi connectivity index (χ0) is 15.8. The van der Waals surface area contributed by atoms with Gasteiger partial charge < -0.3 is 20.9 Å². The van der Waals surface area contributed by atoms with E-state index in [0.29, 0.717) is 12.4 Å². The highest BCUT2D eigenvalue weighted by molar-refractivity contribution is 5.94. The van der Waals surface area contributed by atoms with Gasteiger partial charge >= 0.3 is 0 Å². The molecule has 0 radical (unpaired) electrons. The van der Waals surface area contributed by atoms with Gasteiger partial charge in [-0.2, -0.15) is 9.97 Å². The van der Waals surface area contributed by atoms with E-state index >= 15 is 0 Å². The van der Waals surface area contributed by atoms with E-state index in [2.05, 4.69) is 30.9 Å². The largest absolute Gasteiger partial charge is 0.372 e. The van der Waals surface area contributed by atoms with E-state index in [9.17, 15) is 4.79 Å². The monoisotopic (exact) mass is 308 g/mol. The Labute approximate surface area is 132 Å². The van der Waals surface area contributed by atoms with E-state index in [4.69, 9.17) is 0 Å². The fourth-order valence-electron chi connectivity index (χ4n) is 2.78. The molecular weight excluding hydrogens is 292 g/mol. The summed E-state index contributed by atoms with van der Waals surface area (Å²) in [6, 6.07) is 7.77. The van der Waals surface area contributed by atoms with Crippen molar-refractivity contribution in [2.45, 2.75) is 12.8 Å². The van der Waals surface area contributed by atoms with Gasteiger partial charge in [0, 0.05) is 31.0 Å². The summed E-state index contributed by atoms with van der Waals surface area (Å²) in [6.07, 6.45) is 3.10. The topological polar surface area (TPSA) is 94.7 Å². The van der Waals surface area contributed by atoms with Crippen molar-refractivity contribution in [3.05, 3.63) is 36.0 Å². The number of nitrogens with one attached hydrogen (secondary N) is 4. The standard InChI is InChI=1S/C16H16N6O/c1-17-14-11-6-7-18-15(11)22-16(21-14)19-10-3-4-12-9(8-10)2-5-13(23)20-12/h3-4,6-8H,2,5H2,1H3,(H,20,23)(H3,17,18,19,21,22). The first kappa shape index (κ1) is 13.6. The Morgan fingerprint density at radius 2 is 2.09 bits per heavy atom. The highest BCUT2D eigenvalue weighted by Gasteiger charge is 2.15. The molecule has 0 bridgehead atoms. The van der Waals surface area contributed by atoms with Crippen LogP contribution in [0.25, 0.3) is 11.0 Å². The number of fused-ring (bicyclic) bond motifs is 2. The van der Waals surface area contributed by atoms with E-state index in [1.807, 2.05) is 37.5 Å². The minimum absolute atomic E-state index is 0.0670. The number of anilines is 4. The van der Waals surface area contributed by atoms with E-state index in [-0.39, 0.29) is 5.91 Å².